The van der Waals surface area contributed by atoms with Crippen LogP contribution in [0.3, 0.4) is 0 Å². The third kappa shape index (κ3) is 6.87. The highest BCUT2D eigenvalue weighted by atomic mass is 16.5. The SMILES string of the molecule is CC(=O)c1ccc(NC(=O)[C@H](C)OC(=O)CCCOc2ccc(C)cc2)cc1. The van der Waals surface area contributed by atoms with Gasteiger partial charge in [-0.1, -0.05) is 17.7 Å². The van der Waals surface area contributed by atoms with Gasteiger partial charge in [0.2, 0.25) is 0 Å². The quantitative estimate of drug-likeness (QED) is 0.403. The van der Waals surface area contributed by atoms with Crippen molar-refractivity contribution in [3.05, 3.63) is 59.7 Å². The summed E-state index contributed by atoms with van der Waals surface area (Å²) in [6, 6.07) is 14.2. The topological polar surface area (TPSA) is 81.7 Å². The number of rotatable bonds is 9. The fourth-order valence-electron chi connectivity index (χ4n) is 2.38. The van der Waals surface area contributed by atoms with E-state index in [-0.39, 0.29) is 12.2 Å². The lowest BCUT2D eigenvalue weighted by molar-refractivity contribution is -0.153. The summed E-state index contributed by atoms with van der Waals surface area (Å²) in [4.78, 5) is 35.3. The number of benzene rings is 2. The molecule has 1 atom stereocenters. The van der Waals surface area contributed by atoms with Gasteiger partial charge in [0.15, 0.2) is 11.9 Å². The molecule has 0 saturated carbocycles. The van der Waals surface area contributed by atoms with Crippen molar-refractivity contribution in [3.63, 3.8) is 0 Å². The molecule has 0 aromatic heterocycles. The fourth-order valence-corrected chi connectivity index (χ4v) is 2.38. The first-order valence-electron chi connectivity index (χ1n) is 9.16. The Balaban J connectivity index is 1.69. The Hall–Kier alpha value is -3.15. The number of hydrogen-bond acceptors (Lipinski definition) is 5. The molecule has 0 aliphatic rings. The van der Waals surface area contributed by atoms with Gasteiger partial charge in [0.1, 0.15) is 5.75 Å². The highest BCUT2D eigenvalue weighted by Crippen LogP contribution is 2.13. The zero-order valence-electron chi connectivity index (χ0n) is 16.4. The van der Waals surface area contributed by atoms with Gasteiger partial charge in [-0.3, -0.25) is 14.4 Å². The first-order chi connectivity index (χ1) is 13.3. The highest BCUT2D eigenvalue weighted by Gasteiger charge is 2.17. The Bertz CT molecular complexity index is 812. The van der Waals surface area contributed by atoms with E-state index in [1.54, 1.807) is 24.3 Å². The third-order valence-electron chi connectivity index (χ3n) is 4.05. The van der Waals surface area contributed by atoms with Crippen molar-refractivity contribution in [3.8, 4) is 5.75 Å². The zero-order chi connectivity index (χ0) is 20.5. The van der Waals surface area contributed by atoms with Crippen LogP contribution in [0.1, 0.15) is 42.6 Å². The molecule has 0 saturated heterocycles. The minimum absolute atomic E-state index is 0.0495. The van der Waals surface area contributed by atoms with Gasteiger partial charge in [0, 0.05) is 17.7 Å². The van der Waals surface area contributed by atoms with Gasteiger partial charge in [-0.25, -0.2) is 0 Å². The van der Waals surface area contributed by atoms with Crippen LogP contribution in [0.4, 0.5) is 5.69 Å². The minimum atomic E-state index is -0.919. The van der Waals surface area contributed by atoms with Crippen molar-refractivity contribution in [2.24, 2.45) is 0 Å². The van der Waals surface area contributed by atoms with Gasteiger partial charge in [-0.05, 0) is 63.6 Å². The van der Waals surface area contributed by atoms with E-state index in [9.17, 15) is 14.4 Å². The lowest BCUT2D eigenvalue weighted by atomic mass is 10.1. The van der Waals surface area contributed by atoms with Gasteiger partial charge < -0.3 is 14.8 Å². The number of aryl methyl sites for hydroxylation is 1. The summed E-state index contributed by atoms with van der Waals surface area (Å²) in [5.41, 5.74) is 2.24. The molecule has 0 fully saturated rings. The number of hydrogen-bond donors (Lipinski definition) is 1. The molecule has 2 aromatic rings. The predicted octanol–water partition coefficient (Wildman–Crippen LogP) is 3.93. The molecule has 0 radical (unpaired) electrons. The van der Waals surface area contributed by atoms with Gasteiger partial charge >= 0.3 is 5.97 Å². The number of ketones is 1. The number of ether oxygens (including phenoxy) is 2. The van der Waals surface area contributed by atoms with E-state index in [2.05, 4.69) is 5.32 Å². The molecule has 28 heavy (non-hydrogen) atoms. The number of esters is 1. The molecule has 0 spiro atoms. The van der Waals surface area contributed by atoms with Crippen LogP contribution in [0.5, 0.6) is 5.75 Å². The lowest BCUT2D eigenvalue weighted by Gasteiger charge is -2.14. The van der Waals surface area contributed by atoms with Crippen LogP contribution >= 0.6 is 0 Å². The minimum Gasteiger partial charge on any atom is -0.494 e. The second kappa shape index (κ2) is 10.3. The van der Waals surface area contributed by atoms with Gasteiger partial charge in [-0.15, -0.1) is 0 Å². The second-order valence-electron chi connectivity index (χ2n) is 6.52. The van der Waals surface area contributed by atoms with E-state index in [4.69, 9.17) is 9.47 Å². The van der Waals surface area contributed by atoms with Crippen LogP contribution in [0.15, 0.2) is 48.5 Å². The van der Waals surface area contributed by atoms with E-state index in [1.807, 2.05) is 31.2 Å². The number of carbonyl (C=O) groups excluding carboxylic acids is 3. The van der Waals surface area contributed by atoms with E-state index in [0.717, 1.165) is 11.3 Å². The Morgan fingerprint density at radius 1 is 1.00 bits per heavy atom. The molecule has 2 rings (SSSR count). The molecule has 1 N–H and O–H groups in total. The average Bonchev–Trinajstić information content (AvgIpc) is 2.67. The molecule has 6 nitrogen and oxygen atoms in total. The largest absolute Gasteiger partial charge is 0.494 e. The van der Waals surface area contributed by atoms with Crippen molar-refractivity contribution in [2.45, 2.75) is 39.7 Å². The Morgan fingerprint density at radius 3 is 2.25 bits per heavy atom. The maximum absolute atomic E-state index is 12.1. The van der Waals surface area contributed by atoms with Gasteiger partial charge in [0.25, 0.3) is 5.91 Å². The summed E-state index contributed by atoms with van der Waals surface area (Å²) in [5.74, 6) is -0.184. The average molecular weight is 383 g/mol. The lowest BCUT2D eigenvalue weighted by Crippen LogP contribution is -2.30. The summed E-state index contributed by atoms with van der Waals surface area (Å²) in [7, 11) is 0. The number of Topliss-reactive ketones (excluding diaryl/α,β-unsaturated/α-hetero) is 1. The Labute approximate surface area is 164 Å². The molecule has 0 aliphatic heterocycles. The van der Waals surface area contributed by atoms with Crippen molar-refractivity contribution in [1.82, 2.24) is 0 Å². The molecule has 0 unspecified atom stereocenters. The van der Waals surface area contributed by atoms with Crippen LogP contribution in [0.2, 0.25) is 0 Å². The molecule has 2 aromatic carbocycles. The first-order valence-corrected chi connectivity index (χ1v) is 9.16. The Kier molecular flexibility index (Phi) is 7.75. The monoisotopic (exact) mass is 383 g/mol. The molecule has 6 heteroatoms. The fraction of sp³-hybridized carbons (Fsp3) is 0.318. The maximum atomic E-state index is 12.1. The molecular formula is C22H25NO5. The summed E-state index contributed by atoms with van der Waals surface area (Å²) < 4.78 is 10.7. The van der Waals surface area contributed by atoms with Crippen molar-refractivity contribution in [1.29, 1.82) is 0 Å². The van der Waals surface area contributed by atoms with Crippen molar-refractivity contribution >= 4 is 23.3 Å². The van der Waals surface area contributed by atoms with E-state index in [0.29, 0.717) is 24.3 Å². The van der Waals surface area contributed by atoms with E-state index >= 15 is 0 Å². The number of carbonyl (C=O) groups is 3. The molecule has 0 aliphatic carbocycles. The highest BCUT2D eigenvalue weighted by molar-refractivity contribution is 5.97. The van der Waals surface area contributed by atoms with Crippen LogP contribution < -0.4 is 10.1 Å². The van der Waals surface area contributed by atoms with Crippen LogP contribution in [-0.4, -0.2) is 30.4 Å². The zero-order valence-corrected chi connectivity index (χ0v) is 16.4. The summed E-state index contributed by atoms with van der Waals surface area (Å²) in [5, 5.41) is 2.65. The Morgan fingerprint density at radius 2 is 1.64 bits per heavy atom. The number of amides is 1. The van der Waals surface area contributed by atoms with E-state index < -0.39 is 18.0 Å². The second-order valence-corrected chi connectivity index (χ2v) is 6.52. The van der Waals surface area contributed by atoms with E-state index in [1.165, 1.54) is 13.8 Å². The normalized spacial score (nSPS) is 11.4. The van der Waals surface area contributed by atoms with Crippen LogP contribution in [0, 0.1) is 6.92 Å². The molecule has 148 valence electrons. The molecule has 0 bridgehead atoms. The molecule has 1 amide bonds. The summed E-state index contributed by atoms with van der Waals surface area (Å²) in [6.07, 6.45) is -0.261. The third-order valence-corrected chi connectivity index (χ3v) is 4.05. The van der Waals surface area contributed by atoms with Crippen LogP contribution in [0.25, 0.3) is 0 Å². The summed E-state index contributed by atoms with van der Waals surface area (Å²) in [6.45, 7) is 5.38. The smallest absolute Gasteiger partial charge is 0.306 e. The van der Waals surface area contributed by atoms with Crippen LogP contribution in [-0.2, 0) is 14.3 Å². The molecular weight excluding hydrogens is 358 g/mol. The predicted molar refractivity (Wildman–Crippen MR) is 107 cm³/mol. The number of anilines is 1. The van der Waals surface area contributed by atoms with Crippen molar-refractivity contribution in [2.75, 3.05) is 11.9 Å². The standard InChI is InChI=1S/C22H25NO5/c1-15-6-12-20(13-7-15)27-14-4-5-21(25)28-17(3)22(26)23-19-10-8-18(9-11-19)16(2)24/h6-13,17H,4-5,14H2,1-3H3,(H,23,26)/t17-/m0/s1. The summed E-state index contributed by atoms with van der Waals surface area (Å²) >= 11 is 0. The molecule has 0 heterocycles. The van der Waals surface area contributed by atoms with Crippen molar-refractivity contribution < 1.29 is 23.9 Å². The number of nitrogens with one attached hydrogen (secondary N) is 1. The first kappa shape index (κ1) is 21.2. The maximum Gasteiger partial charge on any atom is 0.306 e. The van der Waals surface area contributed by atoms with Gasteiger partial charge in [-0.2, -0.15) is 0 Å². The van der Waals surface area contributed by atoms with Gasteiger partial charge in [0.05, 0.1) is 6.61 Å².